The minimum Gasteiger partial charge on any atom is -0.374 e. The molecule has 2 N–H and O–H groups in total. The van der Waals surface area contributed by atoms with Crippen molar-refractivity contribution < 1.29 is 4.74 Å². The Morgan fingerprint density at radius 2 is 1.82 bits per heavy atom. The molecule has 0 spiro atoms. The molecule has 1 aromatic carbocycles. The van der Waals surface area contributed by atoms with Gasteiger partial charge in [-0.2, -0.15) is 0 Å². The molecule has 0 aromatic heterocycles. The van der Waals surface area contributed by atoms with Crippen molar-refractivity contribution in [3.63, 3.8) is 0 Å². The van der Waals surface area contributed by atoms with Crippen LogP contribution in [0, 0.1) is 0 Å². The third-order valence-electron chi connectivity index (χ3n) is 4.40. The zero-order chi connectivity index (χ0) is 12.5. The molecule has 1 fully saturated rings. The minimum atomic E-state index is -0.214. The topological polar surface area (TPSA) is 35.2 Å². The highest BCUT2D eigenvalue weighted by Crippen LogP contribution is 2.43. The van der Waals surface area contributed by atoms with Crippen molar-refractivity contribution in [1.82, 2.24) is 0 Å². The van der Waals surface area contributed by atoms with Gasteiger partial charge in [0.05, 0.1) is 5.60 Å². The van der Waals surface area contributed by atoms with Crippen LogP contribution in [-0.4, -0.2) is 13.7 Å². The van der Waals surface area contributed by atoms with E-state index in [1.54, 1.807) is 7.11 Å². The van der Waals surface area contributed by atoms with Gasteiger partial charge in [0.15, 0.2) is 0 Å². The molecule has 17 heavy (non-hydrogen) atoms. The van der Waals surface area contributed by atoms with Gasteiger partial charge in [-0.05, 0) is 37.8 Å². The fraction of sp³-hybridized carbons (Fsp3) is 0.600. The van der Waals surface area contributed by atoms with Gasteiger partial charge in [-0.1, -0.05) is 30.7 Å². The predicted octanol–water partition coefficient (Wildman–Crippen LogP) is 2.95. The number of benzene rings is 1. The highest BCUT2D eigenvalue weighted by Gasteiger charge is 2.37. The molecule has 0 saturated heterocycles. The van der Waals surface area contributed by atoms with Gasteiger partial charge in [0.1, 0.15) is 0 Å². The first-order valence-electron chi connectivity index (χ1n) is 6.40. The molecule has 0 aliphatic heterocycles. The van der Waals surface area contributed by atoms with E-state index < -0.39 is 0 Å². The van der Waals surface area contributed by atoms with E-state index >= 15 is 0 Å². The minimum absolute atomic E-state index is 0.214. The van der Waals surface area contributed by atoms with Crippen LogP contribution in [0.4, 0.5) is 0 Å². The smallest absolute Gasteiger partial charge is 0.0871 e. The molecule has 0 bridgehead atoms. The quantitative estimate of drug-likeness (QED) is 0.867. The van der Waals surface area contributed by atoms with E-state index in [2.05, 4.69) is 38.1 Å². The van der Waals surface area contributed by atoms with Crippen molar-refractivity contribution in [2.24, 2.45) is 5.73 Å². The molecule has 0 atom stereocenters. The van der Waals surface area contributed by atoms with Crippen molar-refractivity contribution in [1.29, 1.82) is 0 Å². The van der Waals surface area contributed by atoms with Crippen LogP contribution in [0.1, 0.15) is 44.2 Å². The van der Waals surface area contributed by atoms with Crippen LogP contribution in [0.5, 0.6) is 0 Å². The summed E-state index contributed by atoms with van der Waals surface area (Å²) < 4.78 is 5.49. The summed E-state index contributed by atoms with van der Waals surface area (Å²) in [5, 5.41) is 0. The average Bonchev–Trinajstić information content (AvgIpc) is 2.29. The summed E-state index contributed by atoms with van der Waals surface area (Å²) in [6.45, 7) is 4.94. The molecule has 0 radical (unpaired) electrons. The molecule has 2 rings (SSSR count). The van der Waals surface area contributed by atoms with E-state index in [-0.39, 0.29) is 11.0 Å². The molecule has 0 heterocycles. The number of hydrogen-bond donors (Lipinski definition) is 1. The fourth-order valence-corrected chi connectivity index (χ4v) is 2.56. The van der Waals surface area contributed by atoms with Crippen molar-refractivity contribution in [2.45, 2.75) is 44.1 Å². The van der Waals surface area contributed by atoms with Gasteiger partial charge < -0.3 is 10.5 Å². The van der Waals surface area contributed by atoms with Gasteiger partial charge in [0, 0.05) is 19.1 Å². The van der Waals surface area contributed by atoms with Crippen LogP contribution in [0.15, 0.2) is 24.3 Å². The maximum absolute atomic E-state index is 5.93. The zero-order valence-electron chi connectivity index (χ0n) is 11.1. The van der Waals surface area contributed by atoms with Crippen molar-refractivity contribution in [3.8, 4) is 0 Å². The van der Waals surface area contributed by atoms with E-state index in [1.165, 1.54) is 30.4 Å². The van der Waals surface area contributed by atoms with Crippen molar-refractivity contribution in [2.75, 3.05) is 13.7 Å². The molecule has 0 unspecified atom stereocenters. The molecular formula is C15H23NO. The molecule has 1 saturated carbocycles. The molecule has 0 amide bonds. The number of nitrogens with two attached hydrogens (primary N) is 1. The van der Waals surface area contributed by atoms with Gasteiger partial charge in [-0.3, -0.25) is 0 Å². The highest BCUT2D eigenvalue weighted by atomic mass is 16.5. The first-order valence-corrected chi connectivity index (χ1v) is 6.40. The second-order valence-corrected chi connectivity index (χ2v) is 5.63. The molecule has 1 aromatic rings. The summed E-state index contributed by atoms with van der Waals surface area (Å²) in [6, 6.07) is 8.80. The van der Waals surface area contributed by atoms with Crippen LogP contribution >= 0.6 is 0 Å². The first kappa shape index (κ1) is 12.6. The summed E-state index contributed by atoms with van der Waals surface area (Å²) in [4.78, 5) is 0. The highest BCUT2D eigenvalue weighted by molar-refractivity contribution is 5.33. The van der Waals surface area contributed by atoms with E-state index in [9.17, 15) is 0 Å². The van der Waals surface area contributed by atoms with E-state index in [1.807, 2.05) is 0 Å². The Balaban J connectivity index is 2.24. The Bertz CT molecular complexity index is 371. The lowest BCUT2D eigenvalue weighted by atomic mass is 9.64. The lowest BCUT2D eigenvalue weighted by Gasteiger charge is -2.41. The number of ether oxygens (including phenoxy) is 1. The van der Waals surface area contributed by atoms with E-state index in [4.69, 9.17) is 10.5 Å². The van der Waals surface area contributed by atoms with Crippen molar-refractivity contribution in [3.05, 3.63) is 35.4 Å². The number of hydrogen-bond acceptors (Lipinski definition) is 2. The Labute approximate surface area is 104 Å². The third kappa shape index (κ3) is 2.12. The lowest BCUT2D eigenvalue weighted by Crippen LogP contribution is -2.41. The van der Waals surface area contributed by atoms with Gasteiger partial charge in [-0.15, -0.1) is 0 Å². The van der Waals surface area contributed by atoms with Crippen LogP contribution in [0.25, 0.3) is 0 Å². The van der Waals surface area contributed by atoms with E-state index in [0.29, 0.717) is 0 Å². The standard InChI is InChI=1S/C15H23NO/c1-14(2,17-3)12-5-7-13(8-6-12)15(11-16)9-4-10-15/h5-8H,4,9-11,16H2,1-3H3. The molecule has 1 aliphatic rings. The summed E-state index contributed by atoms with van der Waals surface area (Å²) >= 11 is 0. The Kier molecular flexibility index (Phi) is 3.28. The second-order valence-electron chi connectivity index (χ2n) is 5.63. The maximum atomic E-state index is 5.93. The largest absolute Gasteiger partial charge is 0.374 e. The Morgan fingerprint density at radius 3 is 2.18 bits per heavy atom. The predicted molar refractivity (Wildman–Crippen MR) is 71.1 cm³/mol. The van der Waals surface area contributed by atoms with Crippen LogP contribution in [0.3, 0.4) is 0 Å². The van der Waals surface area contributed by atoms with Gasteiger partial charge in [0.25, 0.3) is 0 Å². The third-order valence-corrected chi connectivity index (χ3v) is 4.40. The summed E-state index contributed by atoms with van der Waals surface area (Å²) in [6.07, 6.45) is 3.77. The van der Waals surface area contributed by atoms with Crippen LogP contribution in [0.2, 0.25) is 0 Å². The van der Waals surface area contributed by atoms with Crippen LogP contribution in [-0.2, 0) is 15.8 Å². The normalized spacial score (nSPS) is 18.8. The maximum Gasteiger partial charge on any atom is 0.0871 e. The summed E-state index contributed by atoms with van der Waals surface area (Å²) in [7, 11) is 1.75. The molecule has 2 nitrogen and oxygen atoms in total. The average molecular weight is 233 g/mol. The number of rotatable bonds is 4. The Morgan fingerprint density at radius 1 is 1.24 bits per heavy atom. The molecular weight excluding hydrogens is 210 g/mol. The molecule has 1 aliphatic carbocycles. The molecule has 94 valence electrons. The fourth-order valence-electron chi connectivity index (χ4n) is 2.56. The summed E-state index contributed by atoms with van der Waals surface area (Å²) in [5.74, 6) is 0. The number of methoxy groups -OCH3 is 1. The van der Waals surface area contributed by atoms with Gasteiger partial charge in [0.2, 0.25) is 0 Å². The Hall–Kier alpha value is -0.860. The van der Waals surface area contributed by atoms with E-state index in [0.717, 1.165) is 6.54 Å². The van der Waals surface area contributed by atoms with Crippen LogP contribution < -0.4 is 5.73 Å². The van der Waals surface area contributed by atoms with Gasteiger partial charge >= 0.3 is 0 Å². The zero-order valence-corrected chi connectivity index (χ0v) is 11.1. The van der Waals surface area contributed by atoms with Gasteiger partial charge in [-0.25, -0.2) is 0 Å². The summed E-state index contributed by atoms with van der Waals surface area (Å²) in [5.41, 5.74) is 8.58. The second kappa shape index (κ2) is 4.43. The lowest BCUT2D eigenvalue weighted by molar-refractivity contribution is 0.0192. The first-order chi connectivity index (χ1) is 8.04. The molecule has 2 heteroatoms. The van der Waals surface area contributed by atoms with Crippen molar-refractivity contribution >= 4 is 0 Å². The monoisotopic (exact) mass is 233 g/mol. The SMILES string of the molecule is COC(C)(C)c1ccc(C2(CN)CCC2)cc1.